The van der Waals surface area contributed by atoms with E-state index in [1.807, 2.05) is 4.57 Å². The van der Waals surface area contributed by atoms with Gasteiger partial charge in [-0.25, -0.2) is 23.5 Å². The van der Waals surface area contributed by atoms with E-state index >= 15 is 0 Å². The Morgan fingerprint density at radius 1 is 1.12 bits per heavy atom. The molecule has 2 aliphatic heterocycles. The quantitative estimate of drug-likeness (QED) is 0.266. The van der Waals surface area contributed by atoms with Gasteiger partial charge in [0.1, 0.15) is 29.1 Å². The van der Waals surface area contributed by atoms with E-state index in [9.17, 15) is 18.7 Å². The fraction of sp³-hybridized carbons (Fsp3) is 0.321. The number of fused-ring (bicyclic) bond motifs is 2. The van der Waals surface area contributed by atoms with Crippen molar-refractivity contribution in [2.24, 2.45) is 0 Å². The molecule has 2 aliphatic rings. The van der Waals surface area contributed by atoms with Crippen molar-refractivity contribution >= 4 is 40.2 Å². The van der Waals surface area contributed by atoms with Gasteiger partial charge in [0.15, 0.2) is 0 Å². The highest BCUT2D eigenvalue weighted by Gasteiger charge is 2.26. The van der Waals surface area contributed by atoms with Crippen molar-refractivity contribution in [1.82, 2.24) is 19.4 Å². The topological polar surface area (TPSA) is 89.7 Å². The Morgan fingerprint density at radius 3 is 2.70 bits per heavy atom. The Labute approximate surface area is 238 Å². The van der Waals surface area contributed by atoms with E-state index in [1.54, 1.807) is 24.3 Å². The summed E-state index contributed by atoms with van der Waals surface area (Å²) in [6.07, 6.45) is 1.71. The normalized spacial score (nSPS) is 17.1. The second-order valence-electron chi connectivity index (χ2n) is 9.92. The third-order valence-electron chi connectivity index (χ3n) is 7.26. The van der Waals surface area contributed by atoms with Crippen LogP contribution in [0, 0.1) is 11.6 Å². The van der Waals surface area contributed by atoms with E-state index in [4.69, 9.17) is 37.7 Å². The fourth-order valence-corrected chi connectivity index (χ4v) is 5.37. The zero-order valence-corrected chi connectivity index (χ0v) is 22.7. The van der Waals surface area contributed by atoms with E-state index in [1.165, 1.54) is 0 Å². The predicted molar refractivity (Wildman–Crippen MR) is 144 cm³/mol. The molecule has 0 spiro atoms. The summed E-state index contributed by atoms with van der Waals surface area (Å²) in [5.74, 6) is -1.47. The predicted octanol–water partition coefficient (Wildman–Crippen LogP) is 5.64. The minimum atomic E-state index is -0.990. The maximum absolute atomic E-state index is 14.2. The van der Waals surface area contributed by atoms with Gasteiger partial charge in [0, 0.05) is 25.3 Å². The molecule has 1 atom stereocenters. The number of carbonyl (C=O) groups is 1. The number of carboxylic acids is 1. The van der Waals surface area contributed by atoms with E-state index in [0.717, 1.165) is 53.2 Å². The zero-order chi connectivity index (χ0) is 28.0. The average Bonchev–Trinajstić information content (AvgIpc) is 3.23. The summed E-state index contributed by atoms with van der Waals surface area (Å²) in [6.45, 7) is 2.79. The highest BCUT2D eigenvalue weighted by Crippen LogP contribution is 2.31. The van der Waals surface area contributed by atoms with Crippen molar-refractivity contribution in [3.63, 3.8) is 0 Å². The molecule has 2 aromatic carbocycles. The lowest BCUT2D eigenvalue weighted by Gasteiger charge is -2.30. The number of ether oxygens (including phenoxy) is 2. The van der Waals surface area contributed by atoms with Crippen LogP contribution in [-0.2, 0) is 37.4 Å². The van der Waals surface area contributed by atoms with Gasteiger partial charge in [-0.1, -0.05) is 23.2 Å². The lowest BCUT2D eigenvalue weighted by atomic mass is 10.1. The SMILES string of the molecule is O=C(O)c1ccc2nc(CN3CCc4cc(Cl)c(OCc5cc(F)c(Cl)cc5F)nc4C3)n(C[C@@H]3CCO3)c2c1. The average molecular weight is 589 g/mol. The summed E-state index contributed by atoms with van der Waals surface area (Å²) < 4.78 is 41.4. The summed E-state index contributed by atoms with van der Waals surface area (Å²) >= 11 is 12.0. The standard InChI is InChI=1S/C28H24Cl2F2N4O4/c29-19-10-21(31)17(8-22(19)32)14-40-27-20(30)7-15-3-5-35(12-24(15)34-27)13-26-33-23-2-1-16(28(37)38)9-25(23)36(26)11-18-4-6-39-18/h1-2,7-10,18H,3-6,11-14H2,(H,37,38)/t18-/m0/s1. The number of imidazole rings is 1. The summed E-state index contributed by atoms with van der Waals surface area (Å²) in [7, 11) is 0. The van der Waals surface area contributed by atoms with Crippen molar-refractivity contribution in [2.45, 2.75) is 45.2 Å². The highest BCUT2D eigenvalue weighted by atomic mass is 35.5. The van der Waals surface area contributed by atoms with Gasteiger partial charge in [0.05, 0.1) is 46.5 Å². The maximum Gasteiger partial charge on any atom is 0.335 e. The van der Waals surface area contributed by atoms with Crippen LogP contribution in [0.25, 0.3) is 11.0 Å². The van der Waals surface area contributed by atoms with E-state index < -0.39 is 17.6 Å². The van der Waals surface area contributed by atoms with Gasteiger partial charge in [0.25, 0.3) is 0 Å². The number of aromatic nitrogens is 3. The van der Waals surface area contributed by atoms with Crippen LogP contribution in [0.5, 0.6) is 5.88 Å². The molecule has 208 valence electrons. The molecule has 1 saturated heterocycles. The minimum absolute atomic E-state index is 0.000450. The number of aromatic carboxylic acids is 1. The van der Waals surface area contributed by atoms with Crippen molar-refractivity contribution in [3.8, 4) is 5.88 Å². The van der Waals surface area contributed by atoms with E-state index in [0.29, 0.717) is 37.7 Å². The molecule has 1 N–H and O–H groups in total. The first-order valence-corrected chi connectivity index (χ1v) is 13.5. The van der Waals surface area contributed by atoms with Crippen LogP contribution >= 0.6 is 23.2 Å². The molecule has 1 fully saturated rings. The molecule has 2 aromatic heterocycles. The highest BCUT2D eigenvalue weighted by molar-refractivity contribution is 6.32. The first-order valence-electron chi connectivity index (χ1n) is 12.8. The van der Waals surface area contributed by atoms with Crippen molar-refractivity contribution < 1.29 is 28.2 Å². The number of halogens is 4. The lowest BCUT2D eigenvalue weighted by Crippen LogP contribution is -2.34. The maximum atomic E-state index is 14.2. The second kappa shape index (κ2) is 10.9. The number of hydrogen-bond donors (Lipinski definition) is 1. The first-order chi connectivity index (χ1) is 19.2. The summed E-state index contributed by atoms with van der Waals surface area (Å²) in [5.41, 5.74) is 3.44. The molecule has 40 heavy (non-hydrogen) atoms. The van der Waals surface area contributed by atoms with Gasteiger partial charge in [-0.2, -0.15) is 0 Å². The summed E-state index contributed by atoms with van der Waals surface area (Å²) in [6, 6.07) is 8.64. The van der Waals surface area contributed by atoms with Gasteiger partial charge in [-0.05, 0) is 54.8 Å². The molecule has 8 nitrogen and oxygen atoms in total. The van der Waals surface area contributed by atoms with Crippen LogP contribution in [0.15, 0.2) is 36.4 Å². The monoisotopic (exact) mass is 588 g/mol. The Morgan fingerprint density at radius 2 is 1.95 bits per heavy atom. The molecule has 0 amide bonds. The molecule has 12 heteroatoms. The van der Waals surface area contributed by atoms with Crippen LogP contribution in [-0.4, -0.2) is 49.8 Å². The fourth-order valence-electron chi connectivity index (χ4n) is 4.99. The van der Waals surface area contributed by atoms with Crippen LogP contribution in [0.4, 0.5) is 8.78 Å². The molecule has 6 rings (SSSR count). The van der Waals surface area contributed by atoms with E-state index in [-0.39, 0.29) is 34.7 Å². The molecular weight excluding hydrogens is 565 g/mol. The third kappa shape index (κ3) is 5.36. The summed E-state index contributed by atoms with van der Waals surface area (Å²) in [5, 5.41) is 9.47. The minimum Gasteiger partial charge on any atom is -0.478 e. The molecule has 0 radical (unpaired) electrons. The van der Waals surface area contributed by atoms with Gasteiger partial charge >= 0.3 is 5.97 Å². The van der Waals surface area contributed by atoms with E-state index in [2.05, 4.69) is 9.88 Å². The number of carboxylic acid groups (broad SMARTS) is 1. The Kier molecular flexibility index (Phi) is 7.35. The largest absolute Gasteiger partial charge is 0.478 e. The smallest absolute Gasteiger partial charge is 0.335 e. The number of rotatable bonds is 8. The molecule has 0 bridgehead atoms. The Bertz CT molecular complexity index is 1630. The van der Waals surface area contributed by atoms with Crippen molar-refractivity contribution in [3.05, 3.63) is 86.3 Å². The second-order valence-corrected chi connectivity index (χ2v) is 10.7. The van der Waals surface area contributed by atoms with Crippen molar-refractivity contribution in [2.75, 3.05) is 13.2 Å². The Hall–Kier alpha value is -3.31. The first kappa shape index (κ1) is 26.9. The van der Waals surface area contributed by atoms with Gasteiger partial charge in [-0.15, -0.1) is 0 Å². The zero-order valence-electron chi connectivity index (χ0n) is 21.2. The van der Waals surface area contributed by atoms with Crippen molar-refractivity contribution in [1.29, 1.82) is 0 Å². The van der Waals surface area contributed by atoms with Crippen LogP contribution in [0.3, 0.4) is 0 Å². The lowest BCUT2D eigenvalue weighted by molar-refractivity contribution is -0.0592. The number of pyridine rings is 1. The molecule has 0 aliphatic carbocycles. The van der Waals surface area contributed by atoms with Gasteiger partial charge in [0.2, 0.25) is 5.88 Å². The van der Waals surface area contributed by atoms with Crippen LogP contribution in [0.2, 0.25) is 10.0 Å². The summed E-state index contributed by atoms with van der Waals surface area (Å²) in [4.78, 5) is 23.2. The number of hydrogen-bond acceptors (Lipinski definition) is 6. The molecule has 0 saturated carbocycles. The number of nitrogens with zero attached hydrogens (tertiary/aromatic N) is 4. The van der Waals surface area contributed by atoms with Crippen LogP contribution in [0.1, 0.15) is 39.4 Å². The van der Waals surface area contributed by atoms with Crippen LogP contribution < -0.4 is 4.74 Å². The molecule has 4 aromatic rings. The van der Waals surface area contributed by atoms with Gasteiger partial charge < -0.3 is 19.1 Å². The molecule has 0 unspecified atom stereocenters. The molecular formula is C28H24Cl2F2N4O4. The molecule has 4 heterocycles. The van der Waals surface area contributed by atoms with Gasteiger partial charge in [-0.3, -0.25) is 4.90 Å². The number of benzene rings is 2. The Balaban J connectivity index is 1.22. The third-order valence-corrected chi connectivity index (χ3v) is 7.82.